The second kappa shape index (κ2) is 8.76. The van der Waals surface area contributed by atoms with E-state index >= 15 is 0 Å². The number of para-hydroxylation sites is 1. The average molecular weight is 414 g/mol. The van der Waals surface area contributed by atoms with Crippen LogP contribution in [0.15, 0.2) is 72.8 Å². The maximum atomic E-state index is 13.4. The molecular weight excluding hydrogens is 394 g/mol. The van der Waals surface area contributed by atoms with Crippen molar-refractivity contribution in [3.8, 4) is 11.8 Å². The fourth-order valence-electron chi connectivity index (χ4n) is 3.13. The number of anilines is 1. The Morgan fingerprint density at radius 3 is 2.53 bits per heavy atom. The number of benzene rings is 3. The molecule has 0 aliphatic rings. The van der Waals surface area contributed by atoms with Crippen molar-refractivity contribution in [1.82, 2.24) is 4.98 Å². The molecule has 3 aromatic carbocycles. The lowest BCUT2D eigenvalue weighted by molar-refractivity contribution is 0.0985. The van der Waals surface area contributed by atoms with Gasteiger partial charge in [0.05, 0.1) is 29.5 Å². The average Bonchev–Trinajstić information content (AvgIpc) is 3.23. The van der Waals surface area contributed by atoms with Gasteiger partial charge in [0.25, 0.3) is 5.91 Å². The van der Waals surface area contributed by atoms with Crippen LogP contribution in [0, 0.1) is 11.3 Å². The number of nitrogens with zero attached hydrogens (tertiary/aromatic N) is 3. The van der Waals surface area contributed by atoms with Crippen LogP contribution in [-0.2, 0) is 6.54 Å². The molecule has 0 saturated carbocycles. The van der Waals surface area contributed by atoms with E-state index in [0.717, 1.165) is 15.8 Å². The topological polar surface area (TPSA) is 66.2 Å². The first-order valence-electron chi connectivity index (χ1n) is 9.58. The zero-order valence-corrected chi connectivity index (χ0v) is 17.2. The van der Waals surface area contributed by atoms with Crippen LogP contribution in [0.1, 0.15) is 28.4 Å². The maximum Gasteiger partial charge on any atom is 0.260 e. The molecular formula is C24H19N3O2S. The first kappa shape index (κ1) is 19.6. The zero-order chi connectivity index (χ0) is 20.9. The van der Waals surface area contributed by atoms with Crippen LogP contribution in [0.5, 0.6) is 5.75 Å². The SMILES string of the molecule is CCOc1cccc2sc(N(Cc3ccccc3)C(=O)c3ccc(C#N)cc3)nc12. The Balaban J connectivity index is 1.76. The van der Waals surface area contributed by atoms with Gasteiger partial charge in [-0.05, 0) is 48.9 Å². The standard InChI is InChI=1S/C24H19N3O2S/c1-2-29-20-9-6-10-21-22(20)26-24(30-21)27(16-18-7-4-3-5-8-18)23(28)19-13-11-17(15-25)12-14-19/h3-14H,2,16H2,1H3. The number of aromatic nitrogens is 1. The third-order valence-corrected chi connectivity index (χ3v) is 5.63. The molecule has 0 fully saturated rings. The Hall–Kier alpha value is -3.69. The summed E-state index contributed by atoms with van der Waals surface area (Å²) in [6.07, 6.45) is 0. The quantitative estimate of drug-likeness (QED) is 0.424. The second-order valence-electron chi connectivity index (χ2n) is 6.60. The van der Waals surface area contributed by atoms with E-state index in [1.165, 1.54) is 11.3 Å². The van der Waals surface area contributed by atoms with E-state index in [1.54, 1.807) is 29.2 Å². The van der Waals surface area contributed by atoms with Gasteiger partial charge in [0.1, 0.15) is 11.3 Å². The summed E-state index contributed by atoms with van der Waals surface area (Å²) in [7, 11) is 0. The molecule has 0 radical (unpaired) electrons. The fraction of sp³-hybridized carbons (Fsp3) is 0.125. The Labute approximate surface area is 178 Å². The highest BCUT2D eigenvalue weighted by Crippen LogP contribution is 2.35. The number of nitriles is 1. The normalized spacial score (nSPS) is 10.5. The monoisotopic (exact) mass is 413 g/mol. The summed E-state index contributed by atoms with van der Waals surface area (Å²) >= 11 is 1.46. The maximum absolute atomic E-state index is 13.4. The third-order valence-electron chi connectivity index (χ3n) is 4.59. The van der Waals surface area contributed by atoms with Gasteiger partial charge in [-0.1, -0.05) is 47.7 Å². The van der Waals surface area contributed by atoms with E-state index in [0.29, 0.717) is 35.2 Å². The van der Waals surface area contributed by atoms with Crippen molar-refractivity contribution in [3.05, 3.63) is 89.5 Å². The van der Waals surface area contributed by atoms with Crippen LogP contribution in [0.3, 0.4) is 0 Å². The number of carbonyl (C=O) groups is 1. The minimum absolute atomic E-state index is 0.166. The molecule has 0 unspecified atom stereocenters. The summed E-state index contributed by atoms with van der Waals surface area (Å²) in [5.41, 5.74) is 2.78. The summed E-state index contributed by atoms with van der Waals surface area (Å²) in [6, 6.07) is 24.4. The number of rotatable bonds is 6. The molecule has 0 N–H and O–H groups in total. The molecule has 0 bridgehead atoms. The van der Waals surface area contributed by atoms with Gasteiger partial charge in [0.2, 0.25) is 0 Å². The van der Waals surface area contributed by atoms with E-state index in [2.05, 4.69) is 6.07 Å². The predicted octanol–water partition coefficient (Wildman–Crippen LogP) is 5.41. The van der Waals surface area contributed by atoms with Crippen LogP contribution in [0.2, 0.25) is 0 Å². The number of amides is 1. The number of thiazole rings is 1. The largest absolute Gasteiger partial charge is 0.492 e. The van der Waals surface area contributed by atoms with E-state index in [4.69, 9.17) is 15.0 Å². The smallest absolute Gasteiger partial charge is 0.260 e. The van der Waals surface area contributed by atoms with Crippen LogP contribution in [-0.4, -0.2) is 17.5 Å². The summed E-state index contributed by atoms with van der Waals surface area (Å²) in [6.45, 7) is 2.87. The molecule has 4 aromatic rings. The zero-order valence-electron chi connectivity index (χ0n) is 16.4. The molecule has 30 heavy (non-hydrogen) atoms. The Morgan fingerprint density at radius 2 is 1.83 bits per heavy atom. The van der Waals surface area contributed by atoms with Crippen LogP contribution >= 0.6 is 11.3 Å². The number of hydrogen-bond donors (Lipinski definition) is 0. The number of ether oxygens (including phenoxy) is 1. The Morgan fingerprint density at radius 1 is 1.07 bits per heavy atom. The molecule has 1 aromatic heterocycles. The molecule has 0 atom stereocenters. The molecule has 0 aliphatic carbocycles. The fourth-order valence-corrected chi connectivity index (χ4v) is 4.12. The second-order valence-corrected chi connectivity index (χ2v) is 7.61. The lowest BCUT2D eigenvalue weighted by atomic mass is 10.1. The summed E-state index contributed by atoms with van der Waals surface area (Å²) in [5, 5.41) is 9.64. The van der Waals surface area contributed by atoms with Crippen molar-refractivity contribution >= 4 is 32.6 Å². The van der Waals surface area contributed by atoms with Crippen LogP contribution in [0.25, 0.3) is 10.2 Å². The predicted molar refractivity (Wildman–Crippen MR) is 119 cm³/mol. The van der Waals surface area contributed by atoms with E-state index in [-0.39, 0.29) is 5.91 Å². The molecule has 1 amide bonds. The van der Waals surface area contributed by atoms with Crippen molar-refractivity contribution in [2.45, 2.75) is 13.5 Å². The van der Waals surface area contributed by atoms with Gasteiger partial charge in [0, 0.05) is 5.56 Å². The highest BCUT2D eigenvalue weighted by molar-refractivity contribution is 7.22. The van der Waals surface area contributed by atoms with Crippen molar-refractivity contribution in [1.29, 1.82) is 5.26 Å². The summed E-state index contributed by atoms with van der Waals surface area (Å²) in [4.78, 5) is 19.8. The highest BCUT2D eigenvalue weighted by Gasteiger charge is 2.22. The van der Waals surface area contributed by atoms with Gasteiger partial charge in [-0.2, -0.15) is 5.26 Å². The van der Waals surface area contributed by atoms with Crippen molar-refractivity contribution in [2.75, 3.05) is 11.5 Å². The third kappa shape index (κ3) is 4.02. The number of fused-ring (bicyclic) bond motifs is 1. The molecule has 5 nitrogen and oxygen atoms in total. The molecule has 6 heteroatoms. The molecule has 1 heterocycles. The first-order chi connectivity index (χ1) is 14.7. The van der Waals surface area contributed by atoms with Crippen LogP contribution < -0.4 is 9.64 Å². The van der Waals surface area contributed by atoms with Crippen molar-refractivity contribution in [2.24, 2.45) is 0 Å². The van der Waals surface area contributed by atoms with Gasteiger partial charge in [0.15, 0.2) is 5.13 Å². The van der Waals surface area contributed by atoms with Gasteiger partial charge in [-0.3, -0.25) is 9.69 Å². The Kier molecular flexibility index (Phi) is 5.73. The van der Waals surface area contributed by atoms with E-state index in [9.17, 15) is 4.79 Å². The number of hydrogen-bond acceptors (Lipinski definition) is 5. The van der Waals surface area contributed by atoms with Crippen molar-refractivity contribution in [3.63, 3.8) is 0 Å². The lowest BCUT2D eigenvalue weighted by Gasteiger charge is -2.20. The lowest BCUT2D eigenvalue weighted by Crippen LogP contribution is -2.30. The molecule has 4 rings (SSSR count). The number of carbonyl (C=O) groups excluding carboxylic acids is 1. The molecule has 148 valence electrons. The van der Waals surface area contributed by atoms with E-state index in [1.807, 2.05) is 55.5 Å². The minimum Gasteiger partial charge on any atom is -0.492 e. The molecule has 0 saturated heterocycles. The van der Waals surface area contributed by atoms with Crippen molar-refractivity contribution < 1.29 is 9.53 Å². The molecule has 0 spiro atoms. The first-order valence-corrected chi connectivity index (χ1v) is 10.4. The minimum atomic E-state index is -0.166. The van der Waals surface area contributed by atoms with Gasteiger partial charge >= 0.3 is 0 Å². The highest BCUT2D eigenvalue weighted by atomic mass is 32.1. The summed E-state index contributed by atoms with van der Waals surface area (Å²) < 4.78 is 6.67. The van der Waals surface area contributed by atoms with Gasteiger partial charge in [-0.25, -0.2) is 4.98 Å². The van der Waals surface area contributed by atoms with Crippen LogP contribution in [0.4, 0.5) is 5.13 Å². The van der Waals surface area contributed by atoms with Gasteiger partial charge < -0.3 is 4.74 Å². The Bertz CT molecular complexity index is 1210. The summed E-state index contributed by atoms with van der Waals surface area (Å²) in [5.74, 6) is 0.545. The van der Waals surface area contributed by atoms with E-state index < -0.39 is 0 Å². The van der Waals surface area contributed by atoms with Gasteiger partial charge in [-0.15, -0.1) is 0 Å². The molecule has 0 aliphatic heterocycles.